The van der Waals surface area contributed by atoms with E-state index >= 15 is 0 Å². The lowest BCUT2D eigenvalue weighted by atomic mass is 9.98. The summed E-state index contributed by atoms with van der Waals surface area (Å²) in [6, 6.07) is 32.1. The first-order valence-electron chi connectivity index (χ1n) is 18.5. The normalized spacial score (nSPS) is 13.4. The molecule has 12 heteroatoms. The van der Waals surface area contributed by atoms with Crippen molar-refractivity contribution in [1.82, 2.24) is 15.5 Å². The van der Waals surface area contributed by atoms with E-state index in [1.54, 1.807) is 59.0 Å². The fraction of sp³-hybridized carbons (Fsp3) is 0.295. The van der Waals surface area contributed by atoms with Crippen LogP contribution in [0.25, 0.3) is 21.5 Å². The number of aliphatic hydroxyl groups is 1. The van der Waals surface area contributed by atoms with Gasteiger partial charge in [0, 0.05) is 38.6 Å². The molecule has 3 unspecified atom stereocenters. The first-order chi connectivity index (χ1) is 26.7. The third-order valence-corrected chi connectivity index (χ3v) is 9.06. The zero-order valence-electron chi connectivity index (χ0n) is 32.3. The zero-order valence-corrected chi connectivity index (χ0v) is 32.3. The minimum absolute atomic E-state index is 0.118. The highest BCUT2D eigenvalue weighted by atomic mass is 16.6. The number of rotatable bonds is 14. The van der Waals surface area contributed by atoms with E-state index in [2.05, 4.69) is 15.6 Å². The van der Waals surface area contributed by atoms with Gasteiger partial charge in [-0.2, -0.15) is 0 Å². The van der Waals surface area contributed by atoms with Gasteiger partial charge in [-0.1, -0.05) is 97.1 Å². The summed E-state index contributed by atoms with van der Waals surface area (Å²) in [6.07, 6.45) is -1.94. The standard InChI is InChI=1S/C44H49N5O7/c1-6-55-42(53)38(45)48-40(51)37(26-29-19-21-32-14-8-10-16-34(32)23-29)49(5)41(52)36(25-28-18-20-31-13-7-9-15-33(31)22-28)47-39(50)35-17-11-12-30(24-35)27-46-43(54)56-44(2,3)4/h7-24,36-37,42,53H,6,25-27H2,1-5H3,(H,46,54)(H,47,50)(H2,45,48,51)/p+1. The fourth-order valence-corrected chi connectivity index (χ4v) is 6.26. The third kappa shape index (κ3) is 11.2. The molecule has 0 aliphatic rings. The molecule has 0 aliphatic carbocycles. The van der Waals surface area contributed by atoms with Crippen LogP contribution in [0.15, 0.2) is 114 Å². The number of fused-ring (bicyclic) bond motifs is 2. The number of carbonyl (C=O) groups is 3. The molecule has 0 saturated carbocycles. The number of aliphatic hydroxyl groups excluding tert-OH is 1. The molecule has 0 fully saturated rings. The van der Waals surface area contributed by atoms with Crippen molar-refractivity contribution in [2.45, 2.75) is 71.1 Å². The van der Waals surface area contributed by atoms with Crippen molar-refractivity contribution in [2.24, 2.45) is 4.99 Å². The van der Waals surface area contributed by atoms with Crippen molar-refractivity contribution < 1.29 is 34.1 Å². The van der Waals surface area contributed by atoms with Gasteiger partial charge in [0.05, 0.1) is 0 Å². The molecule has 5 aromatic rings. The summed E-state index contributed by atoms with van der Waals surface area (Å²) < 4.78 is 10.5. The van der Waals surface area contributed by atoms with Crippen LogP contribution in [-0.4, -0.2) is 82.4 Å². The topological polar surface area (TPSA) is 176 Å². The third-order valence-electron chi connectivity index (χ3n) is 9.06. The minimum atomic E-state index is -1.64. The molecule has 0 radical (unpaired) electrons. The molecule has 5 rings (SSSR count). The van der Waals surface area contributed by atoms with Crippen LogP contribution in [0.4, 0.5) is 4.79 Å². The van der Waals surface area contributed by atoms with E-state index in [-0.39, 0.29) is 37.5 Å². The summed E-state index contributed by atoms with van der Waals surface area (Å²) in [5.74, 6) is -1.90. The molecule has 3 amide bonds. The number of benzene rings is 5. The molecule has 12 nitrogen and oxygen atoms in total. The first-order valence-corrected chi connectivity index (χ1v) is 18.5. The van der Waals surface area contributed by atoms with Gasteiger partial charge in [-0.3, -0.25) is 15.0 Å². The Bertz CT molecular complexity index is 2230. The molecule has 0 saturated heterocycles. The van der Waals surface area contributed by atoms with E-state index < -0.39 is 47.7 Å². The van der Waals surface area contributed by atoms with Crippen molar-refractivity contribution in [3.05, 3.63) is 131 Å². The van der Waals surface area contributed by atoms with E-state index in [9.17, 15) is 19.5 Å². The Kier molecular flexibility index (Phi) is 13.6. The minimum Gasteiger partial charge on any atom is -0.580 e. The summed E-state index contributed by atoms with van der Waals surface area (Å²) in [5.41, 5.74) is 1.89. The van der Waals surface area contributed by atoms with Crippen LogP contribution >= 0.6 is 0 Å². The number of likely N-dealkylation sites (N-methyl/N-ethyl adjacent to an activating group) is 1. The number of nitrogens with zero attached hydrogens (tertiary/aromatic N) is 2. The largest absolute Gasteiger partial charge is 0.580 e. The Morgan fingerprint density at radius 2 is 1.41 bits per heavy atom. The number of nitrogens with one attached hydrogen (secondary N) is 3. The zero-order chi connectivity index (χ0) is 40.4. The lowest BCUT2D eigenvalue weighted by molar-refractivity contribution is -0.133. The van der Waals surface area contributed by atoms with Gasteiger partial charge in [-0.05, 0) is 78.1 Å². The van der Waals surface area contributed by atoms with Gasteiger partial charge in [-0.15, -0.1) is 4.99 Å². The van der Waals surface area contributed by atoms with Gasteiger partial charge in [0.2, 0.25) is 12.2 Å². The van der Waals surface area contributed by atoms with Crippen molar-refractivity contribution >= 4 is 51.2 Å². The molecule has 6 N–H and O–H groups in total. The van der Waals surface area contributed by atoms with Crippen LogP contribution in [0.5, 0.6) is 0 Å². The summed E-state index contributed by atoms with van der Waals surface area (Å²) in [4.78, 5) is 46.4. The van der Waals surface area contributed by atoms with Crippen LogP contribution < -0.4 is 10.6 Å². The lowest BCUT2D eigenvalue weighted by Crippen LogP contribution is -2.54. The summed E-state index contributed by atoms with van der Waals surface area (Å²) in [5, 5.41) is 37.2. The number of ether oxygens (including phenoxy) is 2. The van der Waals surface area contributed by atoms with Crippen LogP contribution in [-0.2, 0) is 33.7 Å². The van der Waals surface area contributed by atoms with Crippen LogP contribution in [0.2, 0.25) is 0 Å². The Morgan fingerprint density at radius 1 is 0.821 bits per heavy atom. The molecular formula is C44H50N5O7+. The highest BCUT2D eigenvalue weighted by Gasteiger charge is 2.35. The quantitative estimate of drug-likeness (QED) is 0.0476. The SMILES string of the molecule is CCOC(O)C(=N)N=C([OH2+])C(Cc1ccc2ccccc2c1)N(C)C(=O)C(Cc1ccc2ccccc2c1)NC(=O)c1cccc(CNC(=O)OC(C)(C)C)c1. The molecule has 0 heterocycles. The lowest BCUT2D eigenvalue weighted by Gasteiger charge is -2.29. The summed E-state index contributed by atoms with van der Waals surface area (Å²) in [7, 11) is 1.54. The van der Waals surface area contributed by atoms with E-state index in [4.69, 9.17) is 20.0 Å². The summed E-state index contributed by atoms with van der Waals surface area (Å²) >= 11 is 0. The number of hydrogen-bond donors (Lipinski definition) is 4. The number of hydrogen-bond acceptors (Lipinski definition) is 7. The molecule has 5 aromatic carbocycles. The van der Waals surface area contributed by atoms with Gasteiger partial charge < -0.3 is 35.2 Å². The molecule has 0 aliphatic heterocycles. The van der Waals surface area contributed by atoms with E-state index in [1.807, 2.05) is 84.9 Å². The van der Waals surface area contributed by atoms with E-state index in [0.717, 1.165) is 32.7 Å². The van der Waals surface area contributed by atoms with Gasteiger partial charge in [0.25, 0.3) is 5.91 Å². The van der Waals surface area contributed by atoms with Crippen molar-refractivity contribution in [2.75, 3.05) is 13.7 Å². The molecule has 56 heavy (non-hydrogen) atoms. The predicted molar refractivity (Wildman–Crippen MR) is 219 cm³/mol. The molecule has 0 aromatic heterocycles. The maximum atomic E-state index is 14.7. The number of carbonyl (C=O) groups excluding carboxylic acids is 3. The van der Waals surface area contributed by atoms with Crippen molar-refractivity contribution in [3.8, 4) is 0 Å². The Morgan fingerprint density at radius 3 is 2.00 bits per heavy atom. The molecule has 292 valence electrons. The second kappa shape index (κ2) is 18.5. The molecule has 0 bridgehead atoms. The summed E-state index contributed by atoms with van der Waals surface area (Å²) in [6.45, 7) is 7.22. The van der Waals surface area contributed by atoms with Gasteiger partial charge >= 0.3 is 12.0 Å². The Balaban J connectivity index is 1.46. The smallest absolute Gasteiger partial charge is 0.407 e. The average molecular weight is 761 g/mol. The maximum absolute atomic E-state index is 14.7. The average Bonchev–Trinajstić information content (AvgIpc) is 3.17. The highest BCUT2D eigenvalue weighted by molar-refractivity contribution is 6.00. The molecular weight excluding hydrogens is 711 g/mol. The number of aliphatic imine (C=N–C) groups is 1. The maximum Gasteiger partial charge on any atom is 0.407 e. The molecule has 0 spiro atoms. The van der Waals surface area contributed by atoms with Gasteiger partial charge in [0.15, 0.2) is 11.9 Å². The van der Waals surface area contributed by atoms with Crippen LogP contribution in [0, 0.1) is 5.41 Å². The molecule has 3 atom stereocenters. The number of alkyl carbamates (subject to hydrolysis) is 1. The van der Waals surface area contributed by atoms with E-state index in [0.29, 0.717) is 5.56 Å². The van der Waals surface area contributed by atoms with Crippen LogP contribution in [0.1, 0.15) is 54.7 Å². The Labute approximate surface area is 326 Å². The fourth-order valence-electron chi connectivity index (χ4n) is 6.26. The van der Waals surface area contributed by atoms with Crippen LogP contribution in [0.3, 0.4) is 0 Å². The second-order valence-corrected chi connectivity index (χ2v) is 14.5. The number of amides is 3. The number of amidine groups is 1. The highest BCUT2D eigenvalue weighted by Crippen LogP contribution is 2.21. The van der Waals surface area contributed by atoms with Crippen molar-refractivity contribution in [1.29, 1.82) is 5.41 Å². The van der Waals surface area contributed by atoms with Gasteiger partial charge in [0.1, 0.15) is 11.6 Å². The predicted octanol–water partition coefficient (Wildman–Crippen LogP) is 5.88. The first kappa shape index (κ1) is 41.1. The van der Waals surface area contributed by atoms with Crippen molar-refractivity contribution in [3.63, 3.8) is 0 Å². The second-order valence-electron chi connectivity index (χ2n) is 14.5. The Hall–Kier alpha value is -6.11. The van der Waals surface area contributed by atoms with E-state index in [1.165, 1.54) is 4.90 Å². The monoisotopic (exact) mass is 760 g/mol. The van der Waals surface area contributed by atoms with Gasteiger partial charge in [-0.25, -0.2) is 4.79 Å².